The molecule has 1 aromatic carbocycles. The topological polar surface area (TPSA) is 80.3 Å². The summed E-state index contributed by atoms with van der Waals surface area (Å²) in [5, 5.41) is 8.01. The largest absolute Gasteiger partial charge is 0.365 e. The molecular formula is C19H23N3O3S. The van der Waals surface area contributed by atoms with Gasteiger partial charge in [0.2, 0.25) is 5.91 Å². The lowest BCUT2D eigenvalue weighted by atomic mass is 10.1. The van der Waals surface area contributed by atoms with Gasteiger partial charge in [0.25, 0.3) is 5.91 Å². The summed E-state index contributed by atoms with van der Waals surface area (Å²) in [5.74, 6) is -0.306. The van der Waals surface area contributed by atoms with Crippen molar-refractivity contribution in [1.82, 2.24) is 10.3 Å². The summed E-state index contributed by atoms with van der Waals surface area (Å²) in [6.07, 6.45) is 1.02. The van der Waals surface area contributed by atoms with E-state index in [0.29, 0.717) is 11.7 Å². The van der Waals surface area contributed by atoms with Gasteiger partial charge in [0, 0.05) is 17.9 Å². The van der Waals surface area contributed by atoms with Crippen LogP contribution in [0.4, 0.5) is 5.13 Å². The Morgan fingerprint density at radius 1 is 1.31 bits per heavy atom. The van der Waals surface area contributed by atoms with Gasteiger partial charge in [-0.25, -0.2) is 4.98 Å². The van der Waals surface area contributed by atoms with Crippen molar-refractivity contribution in [2.75, 3.05) is 11.9 Å². The van der Waals surface area contributed by atoms with Gasteiger partial charge in [-0.2, -0.15) is 0 Å². The van der Waals surface area contributed by atoms with E-state index < -0.39 is 6.10 Å². The van der Waals surface area contributed by atoms with Gasteiger partial charge in [-0.15, -0.1) is 17.9 Å². The third-order valence-corrected chi connectivity index (χ3v) is 4.45. The number of amides is 2. The summed E-state index contributed by atoms with van der Waals surface area (Å²) in [4.78, 5) is 27.6. The zero-order chi connectivity index (χ0) is 19.1. The molecule has 7 heteroatoms. The fraction of sp³-hybridized carbons (Fsp3) is 0.316. The zero-order valence-electron chi connectivity index (χ0n) is 15.1. The standard InChI is InChI=1S/C19H23N3O3S/c1-5-10-25-13(3)18(24)22-19-21-17(11-26-19)16-8-6-15(7-9-16)12(2)20-14(4)23/h5-9,11-13H,1,10H2,2-4H3,(H,20,23)(H,21,22,24)/t12-,13-/m1/s1. The van der Waals surface area contributed by atoms with E-state index in [4.69, 9.17) is 4.74 Å². The highest BCUT2D eigenvalue weighted by Gasteiger charge is 2.15. The van der Waals surface area contributed by atoms with Crippen LogP contribution < -0.4 is 10.6 Å². The Labute approximate surface area is 157 Å². The Kier molecular flexibility index (Phi) is 7.06. The summed E-state index contributed by atoms with van der Waals surface area (Å²) in [6.45, 7) is 8.99. The minimum absolute atomic E-state index is 0.0520. The average molecular weight is 373 g/mol. The van der Waals surface area contributed by atoms with Gasteiger partial charge in [-0.3, -0.25) is 14.9 Å². The first kappa shape index (κ1) is 19.8. The Morgan fingerprint density at radius 2 is 2.00 bits per heavy atom. The maximum atomic E-state index is 12.0. The van der Waals surface area contributed by atoms with Crippen LogP contribution in [0, 0.1) is 0 Å². The van der Waals surface area contributed by atoms with E-state index in [0.717, 1.165) is 16.8 Å². The molecule has 138 valence electrons. The van der Waals surface area contributed by atoms with Crippen molar-refractivity contribution in [2.24, 2.45) is 0 Å². The van der Waals surface area contributed by atoms with Crippen LogP contribution in [0.25, 0.3) is 11.3 Å². The minimum Gasteiger partial charge on any atom is -0.365 e. The Bertz CT molecular complexity index is 771. The number of hydrogen-bond donors (Lipinski definition) is 2. The Balaban J connectivity index is 2.01. The van der Waals surface area contributed by atoms with E-state index in [-0.39, 0.29) is 17.9 Å². The van der Waals surface area contributed by atoms with Gasteiger partial charge in [-0.1, -0.05) is 30.3 Å². The number of thiazole rings is 1. The minimum atomic E-state index is -0.574. The third kappa shape index (κ3) is 5.50. The molecule has 0 unspecified atom stereocenters. The third-order valence-electron chi connectivity index (χ3n) is 3.69. The van der Waals surface area contributed by atoms with Crippen LogP contribution in [0.1, 0.15) is 32.4 Å². The molecule has 0 spiro atoms. The first-order valence-electron chi connectivity index (χ1n) is 8.27. The maximum absolute atomic E-state index is 12.0. The van der Waals surface area contributed by atoms with Crippen LogP contribution in [0.15, 0.2) is 42.3 Å². The molecule has 1 aromatic heterocycles. The number of anilines is 1. The second-order valence-electron chi connectivity index (χ2n) is 5.84. The number of nitrogens with zero attached hydrogens (tertiary/aromatic N) is 1. The van der Waals surface area contributed by atoms with Crippen LogP contribution in [-0.2, 0) is 14.3 Å². The molecule has 6 nitrogen and oxygen atoms in total. The maximum Gasteiger partial charge on any atom is 0.255 e. The SMILES string of the molecule is C=CCO[C@H](C)C(=O)Nc1nc(-c2ccc([C@@H](C)NC(C)=O)cc2)cs1. The first-order valence-corrected chi connectivity index (χ1v) is 9.15. The van der Waals surface area contributed by atoms with E-state index in [1.54, 1.807) is 13.0 Å². The van der Waals surface area contributed by atoms with Gasteiger partial charge in [0.1, 0.15) is 6.10 Å². The number of ether oxygens (including phenoxy) is 1. The number of carbonyl (C=O) groups excluding carboxylic acids is 2. The molecule has 0 saturated heterocycles. The predicted octanol–water partition coefficient (Wildman–Crippen LogP) is 3.54. The predicted molar refractivity (Wildman–Crippen MR) is 104 cm³/mol. The fourth-order valence-corrected chi connectivity index (χ4v) is 3.01. The van der Waals surface area contributed by atoms with Crippen LogP contribution in [0.5, 0.6) is 0 Å². The molecule has 2 N–H and O–H groups in total. The van der Waals surface area contributed by atoms with Gasteiger partial charge in [-0.05, 0) is 19.4 Å². The lowest BCUT2D eigenvalue weighted by Gasteiger charge is -2.13. The number of aromatic nitrogens is 1. The highest BCUT2D eigenvalue weighted by molar-refractivity contribution is 7.14. The summed E-state index contributed by atoms with van der Waals surface area (Å²) in [6, 6.07) is 7.76. The molecular weight excluding hydrogens is 350 g/mol. The molecule has 0 fully saturated rings. The number of nitrogens with one attached hydrogen (secondary N) is 2. The lowest BCUT2D eigenvalue weighted by molar-refractivity contribution is -0.125. The Morgan fingerprint density at radius 3 is 2.62 bits per heavy atom. The number of rotatable bonds is 8. The van der Waals surface area contributed by atoms with E-state index in [1.807, 2.05) is 36.6 Å². The lowest BCUT2D eigenvalue weighted by Crippen LogP contribution is -2.27. The van der Waals surface area contributed by atoms with Crippen molar-refractivity contribution in [2.45, 2.75) is 32.9 Å². The fourth-order valence-electron chi connectivity index (χ4n) is 2.29. The second-order valence-corrected chi connectivity index (χ2v) is 6.69. The first-order chi connectivity index (χ1) is 12.4. The zero-order valence-corrected chi connectivity index (χ0v) is 15.9. The summed E-state index contributed by atoms with van der Waals surface area (Å²) < 4.78 is 5.30. The molecule has 0 aliphatic heterocycles. The Hall–Kier alpha value is -2.51. The monoisotopic (exact) mass is 373 g/mol. The van der Waals surface area contributed by atoms with Crippen molar-refractivity contribution < 1.29 is 14.3 Å². The van der Waals surface area contributed by atoms with E-state index in [1.165, 1.54) is 18.3 Å². The van der Waals surface area contributed by atoms with E-state index >= 15 is 0 Å². The normalized spacial score (nSPS) is 12.9. The average Bonchev–Trinajstić information content (AvgIpc) is 3.07. The van der Waals surface area contributed by atoms with Gasteiger partial charge in [0.15, 0.2) is 5.13 Å². The molecule has 0 radical (unpaired) electrons. The number of hydrogen-bond acceptors (Lipinski definition) is 5. The molecule has 26 heavy (non-hydrogen) atoms. The summed E-state index contributed by atoms with van der Waals surface area (Å²) in [7, 11) is 0. The molecule has 1 heterocycles. The molecule has 2 amide bonds. The van der Waals surface area contributed by atoms with Crippen LogP contribution in [0.2, 0.25) is 0 Å². The van der Waals surface area contributed by atoms with Crippen molar-refractivity contribution in [1.29, 1.82) is 0 Å². The smallest absolute Gasteiger partial charge is 0.255 e. The molecule has 0 aliphatic carbocycles. The van der Waals surface area contributed by atoms with Gasteiger partial charge < -0.3 is 10.1 Å². The summed E-state index contributed by atoms with van der Waals surface area (Å²) >= 11 is 1.36. The van der Waals surface area contributed by atoms with Crippen LogP contribution in [-0.4, -0.2) is 29.5 Å². The van der Waals surface area contributed by atoms with Gasteiger partial charge >= 0.3 is 0 Å². The van der Waals surface area contributed by atoms with Crippen molar-refractivity contribution in [3.8, 4) is 11.3 Å². The van der Waals surface area contributed by atoms with Crippen LogP contribution in [0.3, 0.4) is 0 Å². The molecule has 2 aromatic rings. The summed E-state index contributed by atoms with van der Waals surface area (Å²) in [5.41, 5.74) is 2.74. The van der Waals surface area contributed by atoms with Crippen molar-refractivity contribution in [3.63, 3.8) is 0 Å². The van der Waals surface area contributed by atoms with Gasteiger partial charge in [0.05, 0.1) is 18.3 Å². The quantitative estimate of drug-likeness (QED) is 0.694. The highest BCUT2D eigenvalue weighted by Crippen LogP contribution is 2.26. The molecule has 0 saturated carbocycles. The molecule has 2 atom stereocenters. The van der Waals surface area contributed by atoms with Crippen molar-refractivity contribution >= 4 is 28.3 Å². The molecule has 2 rings (SSSR count). The van der Waals surface area contributed by atoms with E-state index in [9.17, 15) is 9.59 Å². The van der Waals surface area contributed by atoms with Crippen LogP contribution >= 0.6 is 11.3 Å². The molecule has 0 aliphatic rings. The second kappa shape index (κ2) is 9.26. The number of benzene rings is 1. The molecule has 0 bridgehead atoms. The van der Waals surface area contributed by atoms with Crippen molar-refractivity contribution in [3.05, 3.63) is 47.9 Å². The van der Waals surface area contributed by atoms with E-state index in [2.05, 4.69) is 22.2 Å². The number of carbonyl (C=O) groups is 2. The highest BCUT2D eigenvalue weighted by atomic mass is 32.1.